The molecule has 0 bridgehead atoms. The summed E-state index contributed by atoms with van der Waals surface area (Å²) in [5.74, 6) is 5.62. The molecule has 150 valence electrons. The van der Waals surface area contributed by atoms with Crippen LogP contribution in [0.1, 0.15) is 22.5 Å². The van der Waals surface area contributed by atoms with E-state index in [9.17, 15) is 9.59 Å². The lowest BCUT2D eigenvalue weighted by Crippen LogP contribution is -2.21. The van der Waals surface area contributed by atoms with Gasteiger partial charge in [0.05, 0.1) is 18.5 Å². The first kappa shape index (κ1) is 20.3. The fourth-order valence-corrected chi connectivity index (χ4v) is 2.99. The van der Waals surface area contributed by atoms with Gasteiger partial charge in [-0.25, -0.2) is 9.97 Å². The molecule has 1 aromatic carbocycles. The van der Waals surface area contributed by atoms with E-state index in [4.69, 9.17) is 10.5 Å². The number of primary amides is 1. The third-order valence-electron chi connectivity index (χ3n) is 4.58. The molecule has 1 fully saturated rings. The van der Waals surface area contributed by atoms with Gasteiger partial charge in [0.1, 0.15) is 5.92 Å². The number of benzene rings is 1. The smallest absolute Gasteiger partial charge is 0.269 e. The van der Waals surface area contributed by atoms with Crippen LogP contribution in [0.4, 0.5) is 5.69 Å². The number of carbonyl (C=O) groups is 2. The largest absolute Gasteiger partial charge is 0.383 e. The summed E-state index contributed by atoms with van der Waals surface area (Å²) in [4.78, 5) is 34.2. The second kappa shape index (κ2) is 9.17. The predicted molar refractivity (Wildman–Crippen MR) is 109 cm³/mol. The first-order valence-electron chi connectivity index (χ1n) is 9.26. The molecule has 1 aromatic heterocycles. The minimum Gasteiger partial charge on any atom is -0.383 e. The van der Waals surface area contributed by atoms with E-state index in [1.54, 1.807) is 19.1 Å². The van der Waals surface area contributed by atoms with Crippen LogP contribution < -0.4 is 11.1 Å². The van der Waals surface area contributed by atoms with E-state index in [1.165, 1.54) is 6.20 Å². The molecular weight excluding hydrogens is 370 g/mol. The number of carbonyl (C=O) groups excluding carboxylic acids is 2. The molecule has 3 rings (SSSR count). The van der Waals surface area contributed by atoms with Gasteiger partial charge in [-0.05, 0) is 18.6 Å². The van der Waals surface area contributed by atoms with Crippen molar-refractivity contribution in [3.8, 4) is 23.2 Å². The van der Waals surface area contributed by atoms with E-state index in [0.29, 0.717) is 30.2 Å². The number of rotatable bonds is 6. The molecule has 0 spiro atoms. The summed E-state index contributed by atoms with van der Waals surface area (Å²) < 4.78 is 4.99. The fourth-order valence-electron chi connectivity index (χ4n) is 2.99. The number of hydrogen-bond donors (Lipinski definition) is 2. The highest BCUT2D eigenvalue weighted by molar-refractivity contribution is 5.96. The highest BCUT2D eigenvalue weighted by atomic mass is 16.5. The maximum atomic E-state index is 12.0. The molecular formula is C21H23N5O3. The molecule has 2 heterocycles. The van der Waals surface area contributed by atoms with Crippen LogP contribution >= 0.6 is 0 Å². The van der Waals surface area contributed by atoms with Crippen LogP contribution in [0, 0.1) is 17.8 Å². The van der Waals surface area contributed by atoms with Gasteiger partial charge in [0, 0.05) is 38.4 Å². The molecule has 0 aliphatic carbocycles. The minimum atomic E-state index is -0.645. The van der Waals surface area contributed by atoms with E-state index in [1.807, 2.05) is 24.3 Å². The third-order valence-corrected chi connectivity index (χ3v) is 4.58. The summed E-state index contributed by atoms with van der Waals surface area (Å²) >= 11 is 0. The second-order valence-corrected chi connectivity index (χ2v) is 6.69. The highest BCUT2D eigenvalue weighted by Gasteiger charge is 2.27. The van der Waals surface area contributed by atoms with Crippen LogP contribution in [-0.4, -0.2) is 60.5 Å². The molecule has 1 aliphatic heterocycles. The van der Waals surface area contributed by atoms with Gasteiger partial charge in [0.15, 0.2) is 11.5 Å². The van der Waals surface area contributed by atoms with Gasteiger partial charge in [0.25, 0.3) is 5.91 Å². The lowest BCUT2D eigenvalue weighted by Gasteiger charge is -2.10. The monoisotopic (exact) mass is 393 g/mol. The van der Waals surface area contributed by atoms with Crippen molar-refractivity contribution in [3.63, 3.8) is 0 Å². The van der Waals surface area contributed by atoms with Gasteiger partial charge in [-0.2, -0.15) is 0 Å². The SMILES string of the molecule is COCCNc1cnc(-c2cccc(C#CC3CCN(C)C3=O)c2)nc1C(N)=O. The van der Waals surface area contributed by atoms with Crippen LogP contribution in [0.15, 0.2) is 30.5 Å². The van der Waals surface area contributed by atoms with E-state index in [0.717, 1.165) is 18.5 Å². The molecule has 0 radical (unpaired) electrons. The van der Waals surface area contributed by atoms with Gasteiger partial charge in [-0.3, -0.25) is 9.59 Å². The van der Waals surface area contributed by atoms with Crippen LogP contribution in [0.3, 0.4) is 0 Å². The van der Waals surface area contributed by atoms with Gasteiger partial charge in [-0.1, -0.05) is 24.0 Å². The summed E-state index contributed by atoms with van der Waals surface area (Å²) in [7, 11) is 3.37. The Bertz CT molecular complexity index is 980. The Morgan fingerprint density at radius 3 is 2.97 bits per heavy atom. The Labute approximate surface area is 169 Å². The topological polar surface area (TPSA) is 110 Å². The van der Waals surface area contributed by atoms with Gasteiger partial charge < -0.3 is 20.7 Å². The first-order chi connectivity index (χ1) is 14.0. The number of methoxy groups -OCH3 is 1. The number of anilines is 1. The van der Waals surface area contributed by atoms with Crippen molar-refractivity contribution >= 4 is 17.5 Å². The van der Waals surface area contributed by atoms with Crippen molar-refractivity contribution in [3.05, 3.63) is 41.7 Å². The fraction of sp³-hybridized carbons (Fsp3) is 0.333. The Balaban J connectivity index is 1.84. The van der Waals surface area contributed by atoms with Crippen LogP contribution in [0.25, 0.3) is 11.4 Å². The van der Waals surface area contributed by atoms with Gasteiger partial charge in [0.2, 0.25) is 5.91 Å². The second-order valence-electron chi connectivity index (χ2n) is 6.69. The normalized spacial score (nSPS) is 15.7. The van der Waals surface area contributed by atoms with Gasteiger partial charge in [-0.15, -0.1) is 0 Å². The van der Waals surface area contributed by atoms with E-state index >= 15 is 0 Å². The first-order valence-corrected chi connectivity index (χ1v) is 9.26. The highest BCUT2D eigenvalue weighted by Crippen LogP contribution is 2.20. The average molecular weight is 393 g/mol. The predicted octanol–water partition coefficient (Wildman–Crippen LogP) is 1.13. The van der Waals surface area contributed by atoms with E-state index < -0.39 is 5.91 Å². The summed E-state index contributed by atoms with van der Waals surface area (Å²) in [6.07, 6.45) is 2.27. The molecule has 2 aromatic rings. The summed E-state index contributed by atoms with van der Waals surface area (Å²) in [6, 6.07) is 7.35. The number of hydrogen-bond acceptors (Lipinski definition) is 6. The molecule has 1 atom stereocenters. The summed E-state index contributed by atoms with van der Waals surface area (Å²) in [5, 5.41) is 3.04. The number of nitrogens with two attached hydrogens (primary N) is 1. The number of amides is 2. The average Bonchev–Trinajstić information content (AvgIpc) is 3.05. The number of aromatic nitrogens is 2. The molecule has 1 saturated heterocycles. The van der Waals surface area contributed by atoms with E-state index in [2.05, 4.69) is 27.1 Å². The third kappa shape index (κ3) is 4.89. The zero-order chi connectivity index (χ0) is 20.8. The zero-order valence-corrected chi connectivity index (χ0v) is 16.4. The van der Waals surface area contributed by atoms with Crippen molar-refractivity contribution in [1.82, 2.24) is 14.9 Å². The molecule has 8 heteroatoms. The van der Waals surface area contributed by atoms with Crippen LogP contribution in [0.5, 0.6) is 0 Å². The Morgan fingerprint density at radius 2 is 2.28 bits per heavy atom. The Kier molecular flexibility index (Phi) is 6.42. The molecule has 1 aliphatic rings. The van der Waals surface area contributed by atoms with Crippen LogP contribution in [0.2, 0.25) is 0 Å². The summed E-state index contributed by atoms with van der Waals surface area (Å²) in [6.45, 7) is 1.70. The van der Waals surface area contributed by atoms with E-state index in [-0.39, 0.29) is 17.5 Å². The molecule has 2 amide bonds. The van der Waals surface area contributed by atoms with Crippen molar-refractivity contribution in [1.29, 1.82) is 0 Å². The molecule has 29 heavy (non-hydrogen) atoms. The minimum absolute atomic E-state index is 0.0552. The molecule has 3 N–H and O–H groups in total. The van der Waals surface area contributed by atoms with Gasteiger partial charge >= 0.3 is 0 Å². The number of ether oxygens (including phenoxy) is 1. The van der Waals surface area contributed by atoms with Crippen molar-refractivity contribution in [2.24, 2.45) is 11.7 Å². The quantitative estimate of drug-likeness (QED) is 0.562. The summed E-state index contributed by atoms with van der Waals surface area (Å²) in [5.41, 5.74) is 7.50. The zero-order valence-electron chi connectivity index (χ0n) is 16.4. The van der Waals surface area contributed by atoms with Crippen molar-refractivity contribution in [2.45, 2.75) is 6.42 Å². The van der Waals surface area contributed by atoms with Crippen molar-refractivity contribution < 1.29 is 14.3 Å². The molecule has 0 saturated carbocycles. The maximum Gasteiger partial charge on any atom is 0.269 e. The molecule has 8 nitrogen and oxygen atoms in total. The Hall–Kier alpha value is -3.44. The lowest BCUT2D eigenvalue weighted by atomic mass is 10.1. The van der Waals surface area contributed by atoms with Crippen LogP contribution in [-0.2, 0) is 9.53 Å². The number of nitrogens with zero attached hydrogens (tertiary/aromatic N) is 3. The standard InChI is InChI=1S/C21H23N5O3/c1-26-10-8-15(21(26)28)7-6-14-4-3-5-16(12-14)20-24-13-17(23-9-11-29-2)18(25-20)19(22)27/h3-5,12-13,15,23H,8-11H2,1-2H3,(H2,22,27). The lowest BCUT2D eigenvalue weighted by molar-refractivity contribution is -0.128. The Morgan fingerprint density at radius 1 is 1.45 bits per heavy atom. The number of likely N-dealkylation sites (tertiary alicyclic amines) is 1. The van der Waals surface area contributed by atoms with Crippen molar-refractivity contribution in [2.75, 3.05) is 39.2 Å². The molecule has 1 unspecified atom stereocenters. The maximum absolute atomic E-state index is 12.0. The number of nitrogens with one attached hydrogen (secondary N) is 1.